The number of hydrogen-bond donors (Lipinski definition) is 1. The molecule has 1 aromatic rings. The summed E-state index contributed by atoms with van der Waals surface area (Å²) < 4.78 is 5.08. The summed E-state index contributed by atoms with van der Waals surface area (Å²) in [5, 5.41) is 9.96. The first-order chi connectivity index (χ1) is 9.21. The van der Waals surface area contributed by atoms with Crippen molar-refractivity contribution in [3.8, 4) is 0 Å². The van der Waals surface area contributed by atoms with E-state index >= 15 is 0 Å². The molecule has 19 heavy (non-hydrogen) atoms. The fraction of sp³-hybridized carbons (Fsp3) is 0.294. The van der Waals surface area contributed by atoms with E-state index in [1.54, 1.807) is 13.2 Å². The maximum absolute atomic E-state index is 9.96. The van der Waals surface area contributed by atoms with E-state index in [2.05, 4.69) is 24.3 Å². The summed E-state index contributed by atoms with van der Waals surface area (Å²) in [6.07, 6.45) is 8.11. The minimum Gasteiger partial charge on any atom is -0.508 e. The number of allylic oxidation sites excluding steroid dienone is 5. The summed E-state index contributed by atoms with van der Waals surface area (Å²) in [6, 6.07) is 8.25. The van der Waals surface area contributed by atoms with E-state index in [0.29, 0.717) is 12.4 Å². The molecule has 0 amide bonds. The van der Waals surface area contributed by atoms with Gasteiger partial charge in [-0.1, -0.05) is 42.5 Å². The summed E-state index contributed by atoms with van der Waals surface area (Å²) in [7, 11) is 1.69. The number of aliphatic hydroxyl groups excluding tert-OH is 1. The van der Waals surface area contributed by atoms with E-state index in [-0.39, 0.29) is 0 Å². The fourth-order valence-corrected chi connectivity index (χ4v) is 1.77. The average molecular weight is 258 g/mol. The summed E-state index contributed by atoms with van der Waals surface area (Å²) in [4.78, 5) is 0. The Kier molecular flexibility index (Phi) is 6.69. The van der Waals surface area contributed by atoms with Gasteiger partial charge < -0.3 is 9.84 Å². The second-order valence-corrected chi connectivity index (χ2v) is 4.32. The van der Waals surface area contributed by atoms with E-state index in [0.717, 1.165) is 17.6 Å². The molecule has 0 unspecified atom stereocenters. The van der Waals surface area contributed by atoms with Crippen LogP contribution in [0, 0.1) is 0 Å². The predicted molar refractivity (Wildman–Crippen MR) is 80.1 cm³/mol. The Bertz CT molecular complexity index is 465. The Morgan fingerprint density at radius 1 is 1.16 bits per heavy atom. The number of methoxy groups -OCH3 is 1. The molecule has 0 radical (unpaired) electrons. The zero-order chi connectivity index (χ0) is 14.1. The Labute approximate surface area is 115 Å². The minimum atomic E-state index is 0.321. The number of aliphatic hydroxyl groups is 1. The predicted octanol–water partition coefficient (Wildman–Crippen LogP) is 4.34. The second kappa shape index (κ2) is 8.33. The van der Waals surface area contributed by atoms with Gasteiger partial charge in [-0.25, -0.2) is 0 Å². The molecule has 0 aliphatic heterocycles. The lowest BCUT2D eigenvalue weighted by Crippen LogP contribution is -1.95. The lowest BCUT2D eigenvalue weighted by Gasteiger charge is -2.07. The Morgan fingerprint density at radius 3 is 2.32 bits per heavy atom. The van der Waals surface area contributed by atoms with Crippen LogP contribution in [0.2, 0.25) is 0 Å². The molecular weight excluding hydrogens is 236 g/mol. The zero-order valence-electron chi connectivity index (χ0n) is 11.9. The van der Waals surface area contributed by atoms with Gasteiger partial charge in [0.1, 0.15) is 5.76 Å². The molecule has 0 bridgehead atoms. The standard InChI is InChI=1S/C17H22O2/c1-4-6-7-17(18)16(5-2)12-14-8-10-15(11-9-14)13-19-3/h4-11,18H,12-13H2,1-3H3/b6-4-,16-5-,17-7+. The van der Waals surface area contributed by atoms with Crippen LogP contribution in [-0.2, 0) is 17.8 Å². The molecule has 1 aromatic carbocycles. The first-order valence-corrected chi connectivity index (χ1v) is 6.45. The van der Waals surface area contributed by atoms with Crippen molar-refractivity contribution in [2.24, 2.45) is 0 Å². The maximum atomic E-state index is 9.96. The van der Waals surface area contributed by atoms with E-state index in [1.165, 1.54) is 5.56 Å². The molecule has 0 heterocycles. The zero-order valence-corrected chi connectivity index (χ0v) is 11.9. The first-order valence-electron chi connectivity index (χ1n) is 6.45. The summed E-state index contributed by atoms with van der Waals surface area (Å²) in [5.41, 5.74) is 3.26. The van der Waals surface area contributed by atoms with E-state index in [4.69, 9.17) is 4.74 Å². The van der Waals surface area contributed by atoms with Crippen molar-refractivity contribution in [1.82, 2.24) is 0 Å². The van der Waals surface area contributed by atoms with Gasteiger partial charge in [-0.2, -0.15) is 0 Å². The second-order valence-electron chi connectivity index (χ2n) is 4.32. The molecule has 1 N–H and O–H groups in total. The maximum Gasteiger partial charge on any atom is 0.118 e. The number of rotatable bonds is 6. The highest BCUT2D eigenvalue weighted by Crippen LogP contribution is 2.15. The van der Waals surface area contributed by atoms with Gasteiger partial charge in [0.2, 0.25) is 0 Å². The molecule has 0 fully saturated rings. The van der Waals surface area contributed by atoms with Crippen molar-refractivity contribution < 1.29 is 9.84 Å². The SMILES string of the molecule is C\C=C/C=C(O)\C(=C/C)Cc1ccc(COC)cc1. The van der Waals surface area contributed by atoms with Crippen LogP contribution in [0.3, 0.4) is 0 Å². The number of benzene rings is 1. The summed E-state index contributed by atoms with van der Waals surface area (Å²) in [6.45, 7) is 4.49. The largest absolute Gasteiger partial charge is 0.508 e. The molecule has 2 nitrogen and oxygen atoms in total. The molecular formula is C17H22O2. The van der Waals surface area contributed by atoms with Gasteiger partial charge in [-0.15, -0.1) is 0 Å². The van der Waals surface area contributed by atoms with E-state index in [1.807, 2.05) is 32.1 Å². The van der Waals surface area contributed by atoms with Crippen molar-refractivity contribution in [2.45, 2.75) is 26.9 Å². The fourth-order valence-electron chi connectivity index (χ4n) is 1.77. The van der Waals surface area contributed by atoms with Gasteiger partial charge in [0.25, 0.3) is 0 Å². The van der Waals surface area contributed by atoms with E-state index in [9.17, 15) is 5.11 Å². The third kappa shape index (κ3) is 5.14. The molecule has 1 rings (SSSR count). The van der Waals surface area contributed by atoms with Crippen LogP contribution >= 0.6 is 0 Å². The van der Waals surface area contributed by atoms with Crippen molar-refractivity contribution in [3.63, 3.8) is 0 Å². The van der Waals surface area contributed by atoms with Crippen molar-refractivity contribution in [2.75, 3.05) is 7.11 Å². The molecule has 102 valence electrons. The van der Waals surface area contributed by atoms with Crippen molar-refractivity contribution in [1.29, 1.82) is 0 Å². The van der Waals surface area contributed by atoms with Gasteiger partial charge >= 0.3 is 0 Å². The van der Waals surface area contributed by atoms with Crippen molar-refractivity contribution >= 4 is 0 Å². The molecule has 0 spiro atoms. The highest BCUT2D eigenvalue weighted by atomic mass is 16.5. The Balaban J connectivity index is 2.76. The quantitative estimate of drug-likeness (QED) is 0.607. The smallest absolute Gasteiger partial charge is 0.118 e. The lowest BCUT2D eigenvalue weighted by molar-refractivity contribution is 0.185. The van der Waals surface area contributed by atoms with Gasteiger partial charge in [0.05, 0.1) is 6.61 Å². The molecule has 0 saturated carbocycles. The third-order valence-corrected chi connectivity index (χ3v) is 2.85. The summed E-state index contributed by atoms with van der Waals surface area (Å²) in [5.74, 6) is 0.321. The Morgan fingerprint density at radius 2 is 1.79 bits per heavy atom. The van der Waals surface area contributed by atoms with Crippen molar-refractivity contribution in [3.05, 3.63) is 71.0 Å². The third-order valence-electron chi connectivity index (χ3n) is 2.85. The van der Waals surface area contributed by atoms with Crippen LogP contribution in [0.4, 0.5) is 0 Å². The topological polar surface area (TPSA) is 29.5 Å². The molecule has 0 saturated heterocycles. The lowest BCUT2D eigenvalue weighted by atomic mass is 10.0. The molecule has 0 aliphatic rings. The number of ether oxygens (including phenoxy) is 1. The van der Waals surface area contributed by atoms with Crippen LogP contribution < -0.4 is 0 Å². The van der Waals surface area contributed by atoms with Crippen LogP contribution in [-0.4, -0.2) is 12.2 Å². The van der Waals surface area contributed by atoms with Crippen LogP contribution in [0.15, 0.2) is 59.9 Å². The molecule has 2 heteroatoms. The normalized spacial score (nSPS) is 13.2. The summed E-state index contributed by atoms with van der Waals surface area (Å²) >= 11 is 0. The highest BCUT2D eigenvalue weighted by Gasteiger charge is 2.03. The van der Waals surface area contributed by atoms with Gasteiger partial charge in [-0.05, 0) is 36.6 Å². The highest BCUT2D eigenvalue weighted by molar-refractivity contribution is 5.34. The minimum absolute atomic E-state index is 0.321. The van der Waals surface area contributed by atoms with Gasteiger partial charge in [0, 0.05) is 13.5 Å². The van der Waals surface area contributed by atoms with Crippen LogP contribution in [0.25, 0.3) is 0 Å². The van der Waals surface area contributed by atoms with Gasteiger partial charge in [0.15, 0.2) is 0 Å². The Hall–Kier alpha value is -1.80. The van der Waals surface area contributed by atoms with Gasteiger partial charge in [-0.3, -0.25) is 0 Å². The average Bonchev–Trinajstić information content (AvgIpc) is 2.44. The monoisotopic (exact) mass is 258 g/mol. The van der Waals surface area contributed by atoms with Crippen LogP contribution in [0.5, 0.6) is 0 Å². The van der Waals surface area contributed by atoms with Crippen LogP contribution in [0.1, 0.15) is 25.0 Å². The molecule has 0 atom stereocenters. The first kappa shape index (κ1) is 15.3. The van der Waals surface area contributed by atoms with E-state index < -0.39 is 0 Å². The number of hydrogen-bond acceptors (Lipinski definition) is 2. The molecule has 0 aliphatic carbocycles. The molecule has 0 aromatic heterocycles.